The van der Waals surface area contributed by atoms with E-state index in [2.05, 4.69) is 20.5 Å². The Morgan fingerprint density at radius 1 is 1.22 bits per heavy atom. The maximum atomic E-state index is 5.46. The van der Waals surface area contributed by atoms with Crippen molar-refractivity contribution >= 4 is 19.9 Å². The van der Waals surface area contributed by atoms with E-state index in [1.807, 2.05) is 0 Å². The zero-order chi connectivity index (χ0) is 6.85. The van der Waals surface area contributed by atoms with E-state index in [4.69, 9.17) is 4.65 Å². The molecule has 1 heterocycles. The maximum absolute atomic E-state index is 5.46. The van der Waals surface area contributed by atoms with E-state index >= 15 is 0 Å². The van der Waals surface area contributed by atoms with Crippen LogP contribution < -0.4 is 0 Å². The van der Waals surface area contributed by atoms with Crippen molar-refractivity contribution < 1.29 is 4.65 Å². The molecule has 0 unspecified atom stereocenters. The molecule has 0 aromatic carbocycles. The normalized spacial score (nSPS) is 21.0. The van der Waals surface area contributed by atoms with Crippen LogP contribution >= 0.6 is 0 Å². The highest BCUT2D eigenvalue weighted by Gasteiger charge is 2.32. The fraction of sp³-hybridized carbons (Fsp3) is 1.00. The Morgan fingerprint density at radius 3 is 2.33 bits per heavy atom. The average Bonchev–Trinajstić information content (AvgIpc) is 1.83. The quantitative estimate of drug-likeness (QED) is 0.436. The van der Waals surface area contributed by atoms with Gasteiger partial charge in [-0.2, -0.15) is 0 Å². The second-order valence-corrected chi connectivity index (χ2v) is 3.20. The molecule has 4 heteroatoms. The van der Waals surface area contributed by atoms with Crippen LogP contribution in [-0.2, 0) is 4.65 Å². The molecule has 0 aromatic heterocycles. The van der Waals surface area contributed by atoms with Crippen molar-refractivity contribution in [3.05, 3.63) is 0 Å². The minimum Gasteiger partial charge on any atom is -0.446 e. The lowest BCUT2D eigenvalue weighted by molar-refractivity contribution is 0.353. The van der Waals surface area contributed by atoms with Crippen LogP contribution in [0.1, 0.15) is 0 Å². The predicted molar refractivity (Wildman–Crippen MR) is 45.6 cm³/mol. The third kappa shape index (κ3) is 1.54. The molecule has 0 radical (unpaired) electrons. The summed E-state index contributed by atoms with van der Waals surface area (Å²) in [5.74, 6) is 0. The first kappa shape index (κ1) is 7.26. The largest absolute Gasteiger partial charge is 0.446 e. The minimum absolute atomic E-state index is 0.480. The van der Waals surface area contributed by atoms with Gasteiger partial charge in [0.2, 0.25) is 6.81 Å². The molecular weight excluding hydrogens is 108 g/mol. The van der Waals surface area contributed by atoms with E-state index in [1.54, 1.807) is 0 Å². The fourth-order valence-corrected chi connectivity index (χ4v) is 1.32. The first-order valence-electron chi connectivity index (χ1n) is 3.83. The summed E-state index contributed by atoms with van der Waals surface area (Å²) in [5.41, 5.74) is 0. The zero-order valence-corrected chi connectivity index (χ0v) is 6.55. The van der Waals surface area contributed by atoms with Crippen LogP contribution in [0.3, 0.4) is 0 Å². The highest BCUT2D eigenvalue weighted by atomic mass is 16.4. The fourth-order valence-electron chi connectivity index (χ4n) is 1.32. The van der Waals surface area contributed by atoms with Crippen LogP contribution in [0.25, 0.3) is 0 Å². The molecule has 0 amide bonds. The molecule has 1 nitrogen and oxygen atoms in total. The van der Waals surface area contributed by atoms with Gasteiger partial charge in [-0.1, -0.05) is 26.8 Å². The van der Waals surface area contributed by atoms with Crippen molar-refractivity contribution in [1.29, 1.82) is 0 Å². The highest BCUT2D eigenvalue weighted by molar-refractivity contribution is 7.48. The third-order valence-electron chi connectivity index (χ3n) is 2.59. The Balaban J connectivity index is 2.41. The van der Waals surface area contributed by atoms with Crippen molar-refractivity contribution in [3.8, 4) is 0 Å². The standard InChI is InChI=1S/C5H13B3O/c1-6-4-5-9-8(3)7(6)2/h4-5H2,1-3H3. The summed E-state index contributed by atoms with van der Waals surface area (Å²) in [5, 5.41) is 0. The molecule has 0 aromatic rings. The molecule has 1 rings (SSSR count). The molecule has 0 N–H and O–H groups in total. The summed E-state index contributed by atoms with van der Waals surface area (Å²) in [7, 11) is 0. The van der Waals surface area contributed by atoms with Gasteiger partial charge in [-0.15, -0.1) is 0 Å². The molecule has 1 aliphatic heterocycles. The van der Waals surface area contributed by atoms with Crippen LogP contribution in [0.2, 0.25) is 26.8 Å². The Kier molecular flexibility index (Phi) is 2.28. The lowest BCUT2D eigenvalue weighted by Gasteiger charge is -2.25. The molecule has 9 heavy (non-hydrogen) atoms. The van der Waals surface area contributed by atoms with E-state index in [0.29, 0.717) is 6.81 Å². The van der Waals surface area contributed by atoms with Crippen molar-refractivity contribution in [3.63, 3.8) is 0 Å². The number of hydrogen-bond donors (Lipinski definition) is 0. The zero-order valence-electron chi connectivity index (χ0n) is 6.55. The van der Waals surface area contributed by atoms with Crippen LogP contribution in [0.5, 0.6) is 0 Å². The van der Waals surface area contributed by atoms with E-state index in [0.717, 1.165) is 19.7 Å². The topological polar surface area (TPSA) is 9.23 Å². The van der Waals surface area contributed by atoms with Crippen molar-refractivity contribution in [2.45, 2.75) is 26.8 Å². The summed E-state index contributed by atoms with van der Waals surface area (Å²) >= 11 is 0. The molecule has 1 saturated heterocycles. The Labute approximate surface area is 58.8 Å². The number of hydrogen-bond acceptors (Lipinski definition) is 1. The molecule has 0 spiro atoms. The van der Waals surface area contributed by atoms with Gasteiger partial charge in [0.15, 0.2) is 0 Å². The van der Waals surface area contributed by atoms with Gasteiger partial charge in [-0.05, 0) is 0 Å². The van der Waals surface area contributed by atoms with Crippen LogP contribution in [0.15, 0.2) is 0 Å². The summed E-state index contributed by atoms with van der Waals surface area (Å²) in [6.45, 7) is 9.80. The summed E-state index contributed by atoms with van der Waals surface area (Å²) in [4.78, 5) is 0. The molecule has 0 aliphatic carbocycles. The van der Waals surface area contributed by atoms with Gasteiger partial charge >= 0.3 is 0 Å². The third-order valence-corrected chi connectivity index (χ3v) is 2.59. The first-order valence-corrected chi connectivity index (χ1v) is 3.83. The van der Waals surface area contributed by atoms with E-state index in [-0.39, 0.29) is 0 Å². The van der Waals surface area contributed by atoms with Gasteiger partial charge in [0.1, 0.15) is 13.1 Å². The van der Waals surface area contributed by atoms with E-state index in [1.165, 1.54) is 6.32 Å². The second-order valence-electron chi connectivity index (χ2n) is 3.20. The van der Waals surface area contributed by atoms with Gasteiger partial charge in [0, 0.05) is 6.61 Å². The van der Waals surface area contributed by atoms with Gasteiger partial charge in [0.25, 0.3) is 0 Å². The predicted octanol–water partition coefficient (Wildman–Crippen LogP) is 1.04. The minimum atomic E-state index is 0.480. The maximum Gasteiger partial charge on any atom is 0.244 e. The summed E-state index contributed by atoms with van der Waals surface area (Å²) in [6.07, 6.45) is 1.24. The first-order chi connectivity index (χ1) is 4.22. The second kappa shape index (κ2) is 2.83. The van der Waals surface area contributed by atoms with Gasteiger partial charge in [0.05, 0.1) is 0 Å². The van der Waals surface area contributed by atoms with Crippen molar-refractivity contribution in [2.24, 2.45) is 0 Å². The summed E-state index contributed by atoms with van der Waals surface area (Å²) in [6, 6.07) is 0. The lowest BCUT2D eigenvalue weighted by atomic mass is 8.93. The Morgan fingerprint density at radius 2 is 1.89 bits per heavy atom. The molecule has 0 saturated carbocycles. The van der Waals surface area contributed by atoms with Crippen molar-refractivity contribution in [1.82, 2.24) is 0 Å². The Hall–Kier alpha value is 0.155. The van der Waals surface area contributed by atoms with Crippen LogP contribution in [0, 0.1) is 0 Å². The summed E-state index contributed by atoms with van der Waals surface area (Å²) < 4.78 is 5.46. The van der Waals surface area contributed by atoms with E-state index < -0.39 is 0 Å². The van der Waals surface area contributed by atoms with Gasteiger partial charge < -0.3 is 4.65 Å². The molecule has 1 fully saturated rings. The smallest absolute Gasteiger partial charge is 0.244 e. The van der Waals surface area contributed by atoms with Gasteiger partial charge in [-0.3, -0.25) is 0 Å². The van der Waals surface area contributed by atoms with Crippen LogP contribution in [-0.4, -0.2) is 26.5 Å². The highest BCUT2D eigenvalue weighted by Crippen LogP contribution is 2.09. The van der Waals surface area contributed by atoms with Crippen molar-refractivity contribution in [2.75, 3.05) is 6.61 Å². The molecule has 1 aliphatic rings. The van der Waals surface area contributed by atoms with Gasteiger partial charge in [-0.25, -0.2) is 0 Å². The molecule has 0 atom stereocenters. The SMILES string of the molecule is CB1CCOB(C)B1C. The molecular formula is C5H13B3O. The number of rotatable bonds is 0. The molecule has 0 bridgehead atoms. The van der Waals surface area contributed by atoms with E-state index in [9.17, 15) is 0 Å². The van der Waals surface area contributed by atoms with Crippen LogP contribution in [0.4, 0.5) is 0 Å². The molecule has 48 valence electrons. The monoisotopic (exact) mass is 122 g/mol. The Bertz CT molecular complexity index is 88.2. The average molecular weight is 122 g/mol. The lowest BCUT2D eigenvalue weighted by Crippen LogP contribution is -2.49.